The average Bonchev–Trinajstić information content (AvgIpc) is 2.18. The maximum atomic E-state index is 5.52. The van der Waals surface area contributed by atoms with Crippen molar-refractivity contribution in [3.63, 3.8) is 0 Å². The summed E-state index contributed by atoms with van der Waals surface area (Å²) in [4.78, 5) is 6.73. The zero-order valence-corrected chi connectivity index (χ0v) is 7.74. The first kappa shape index (κ1) is 8.66. The maximum Gasteiger partial charge on any atom is 0.0576 e. The van der Waals surface area contributed by atoms with Crippen molar-refractivity contribution in [3.8, 4) is 0 Å². The van der Waals surface area contributed by atoms with Crippen molar-refractivity contribution in [2.75, 3.05) is 19.6 Å². The lowest BCUT2D eigenvalue weighted by molar-refractivity contribution is 0.257. The lowest BCUT2D eigenvalue weighted by atomic mass is 10.1. The van der Waals surface area contributed by atoms with E-state index in [2.05, 4.69) is 16.0 Å². The van der Waals surface area contributed by atoms with Crippen LogP contribution in [-0.2, 0) is 13.0 Å². The Kier molecular flexibility index (Phi) is 2.57. The van der Waals surface area contributed by atoms with E-state index in [-0.39, 0.29) is 0 Å². The summed E-state index contributed by atoms with van der Waals surface area (Å²) < 4.78 is 0. The number of fused-ring (bicyclic) bond motifs is 1. The van der Waals surface area contributed by atoms with Gasteiger partial charge in [-0.25, -0.2) is 0 Å². The molecule has 0 aliphatic carbocycles. The summed E-state index contributed by atoms with van der Waals surface area (Å²) in [5.74, 6) is 0. The van der Waals surface area contributed by atoms with E-state index in [4.69, 9.17) is 5.73 Å². The van der Waals surface area contributed by atoms with Crippen LogP contribution in [-0.4, -0.2) is 29.5 Å². The Hall–Kier alpha value is -0.930. The molecule has 0 radical (unpaired) electrons. The Labute approximate surface area is 78.6 Å². The Bertz CT molecular complexity index is 285. The number of hydrogen-bond donors (Lipinski definition) is 1. The van der Waals surface area contributed by atoms with E-state index >= 15 is 0 Å². The largest absolute Gasteiger partial charge is 0.329 e. The highest BCUT2D eigenvalue weighted by atomic mass is 15.1. The molecule has 1 aromatic heterocycles. The van der Waals surface area contributed by atoms with Gasteiger partial charge in [-0.15, -0.1) is 0 Å². The third-order valence-electron chi connectivity index (χ3n) is 2.50. The van der Waals surface area contributed by atoms with Gasteiger partial charge in [-0.05, 0) is 18.1 Å². The van der Waals surface area contributed by atoms with Gasteiger partial charge in [0, 0.05) is 32.4 Å². The van der Waals surface area contributed by atoms with E-state index in [0.717, 1.165) is 32.6 Å². The molecule has 70 valence electrons. The molecule has 1 aromatic rings. The second kappa shape index (κ2) is 3.85. The quantitative estimate of drug-likeness (QED) is 0.711. The zero-order chi connectivity index (χ0) is 9.10. The topological polar surface area (TPSA) is 42.1 Å². The van der Waals surface area contributed by atoms with E-state index in [1.807, 2.05) is 12.3 Å². The number of nitrogens with zero attached hydrogens (tertiary/aromatic N) is 2. The van der Waals surface area contributed by atoms with E-state index in [0.29, 0.717) is 0 Å². The van der Waals surface area contributed by atoms with E-state index in [1.165, 1.54) is 11.3 Å². The summed E-state index contributed by atoms with van der Waals surface area (Å²) in [6, 6.07) is 4.18. The first-order chi connectivity index (χ1) is 6.40. The number of nitrogens with two attached hydrogens (primary N) is 1. The Morgan fingerprint density at radius 1 is 1.54 bits per heavy atom. The minimum atomic E-state index is 0.738. The van der Waals surface area contributed by atoms with Crippen molar-refractivity contribution < 1.29 is 0 Å². The lowest BCUT2D eigenvalue weighted by Gasteiger charge is -2.27. The molecule has 2 N–H and O–H groups in total. The van der Waals surface area contributed by atoms with Gasteiger partial charge in [0.05, 0.1) is 5.69 Å². The molecular weight excluding hydrogens is 162 g/mol. The molecule has 3 heteroatoms. The maximum absolute atomic E-state index is 5.52. The predicted octanol–water partition coefficient (Wildman–Crippen LogP) is 0.398. The SMILES string of the molecule is NCCN1CCc2cccnc2C1. The molecule has 3 nitrogen and oxygen atoms in total. The van der Waals surface area contributed by atoms with Crippen LogP contribution in [0.4, 0.5) is 0 Å². The first-order valence-electron chi connectivity index (χ1n) is 4.75. The van der Waals surface area contributed by atoms with Gasteiger partial charge in [-0.2, -0.15) is 0 Å². The van der Waals surface area contributed by atoms with Crippen LogP contribution in [0.3, 0.4) is 0 Å². The monoisotopic (exact) mass is 177 g/mol. The van der Waals surface area contributed by atoms with Crippen molar-refractivity contribution in [1.29, 1.82) is 0 Å². The van der Waals surface area contributed by atoms with Gasteiger partial charge >= 0.3 is 0 Å². The van der Waals surface area contributed by atoms with E-state index < -0.39 is 0 Å². The van der Waals surface area contributed by atoms with E-state index in [9.17, 15) is 0 Å². The number of pyridine rings is 1. The van der Waals surface area contributed by atoms with Crippen LogP contribution in [0.25, 0.3) is 0 Å². The molecule has 0 amide bonds. The Morgan fingerprint density at radius 2 is 2.46 bits per heavy atom. The molecule has 0 atom stereocenters. The van der Waals surface area contributed by atoms with Crippen molar-refractivity contribution in [3.05, 3.63) is 29.6 Å². The van der Waals surface area contributed by atoms with Gasteiger partial charge in [0.25, 0.3) is 0 Å². The van der Waals surface area contributed by atoms with Crippen molar-refractivity contribution in [2.45, 2.75) is 13.0 Å². The molecule has 0 unspecified atom stereocenters. The van der Waals surface area contributed by atoms with Crippen LogP contribution in [0.2, 0.25) is 0 Å². The Balaban J connectivity index is 2.11. The van der Waals surface area contributed by atoms with Crippen molar-refractivity contribution >= 4 is 0 Å². The summed E-state index contributed by atoms with van der Waals surface area (Å²) in [5, 5.41) is 0. The molecule has 2 heterocycles. The van der Waals surface area contributed by atoms with Gasteiger partial charge in [0.15, 0.2) is 0 Å². The van der Waals surface area contributed by atoms with Crippen LogP contribution in [0.5, 0.6) is 0 Å². The number of aromatic nitrogens is 1. The zero-order valence-electron chi connectivity index (χ0n) is 7.74. The molecule has 1 aliphatic heterocycles. The van der Waals surface area contributed by atoms with Gasteiger partial charge in [0.1, 0.15) is 0 Å². The summed E-state index contributed by atoms with van der Waals surface area (Å²) in [6.45, 7) is 3.81. The minimum Gasteiger partial charge on any atom is -0.329 e. The second-order valence-corrected chi connectivity index (χ2v) is 3.42. The summed E-state index contributed by atoms with van der Waals surface area (Å²) in [7, 11) is 0. The van der Waals surface area contributed by atoms with Crippen LogP contribution < -0.4 is 5.73 Å². The first-order valence-corrected chi connectivity index (χ1v) is 4.75. The highest BCUT2D eigenvalue weighted by Crippen LogP contribution is 2.15. The third-order valence-corrected chi connectivity index (χ3v) is 2.50. The van der Waals surface area contributed by atoms with Crippen LogP contribution in [0.1, 0.15) is 11.3 Å². The normalized spacial score (nSPS) is 17.0. The fourth-order valence-electron chi connectivity index (χ4n) is 1.78. The molecule has 1 aliphatic rings. The molecule has 0 bridgehead atoms. The molecule has 2 rings (SSSR count). The molecule has 0 aromatic carbocycles. The van der Waals surface area contributed by atoms with Crippen LogP contribution in [0, 0.1) is 0 Å². The van der Waals surface area contributed by atoms with Crippen molar-refractivity contribution in [1.82, 2.24) is 9.88 Å². The highest BCUT2D eigenvalue weighted by Gasteiger charge is 2.15. The number of hydrogen-bond acceptors (Lipinski definition) is 3. The van der Waals surface area contributed by atoms with Crippen LogP contribution >= 0.6 is 0 Å². The fourth-order valence-corrected chi connectivity index (χ4v) is 1.78. The van der Waals surface area contributed by atoms with Gasteiger partial charge < -0.3 is 5.73 Å². The highest BCUT2D eigenvalue weighted by molar-refractivity contribution is 5.22. The standard InChI is InChI=1S/C10H15N3/c11-4-7-13-6-3-9-2-1-5-12-10(9)8-13/h1-2,5H,3-4,6-8,11H2. The van der Waals surface area contributed by atoms with Gasteiger partial charge in [-0.3, -0.25) is 9.88 Å². The van der Waals surface area contributed by atoms with Crippen molar-refractivity contribution in [2.24, 2.45) is 5.73 Å². The molecular formula is C10H15N3. The fraction of sp³-hybridized carbons (Fsp3) is 0.500. The summed E-state index contributed by atoms with van der Waals surface area (Å²) >= 11 is 0. The third kappa shape index (κ3) is 1.87. The molecule has 0 saturated heterocycles. The molecule has 0 fully saturated rings. The van der Waals surface area contributed by atoms with Crippen LogP contribution in [0.15, 0.2) is 18.3 Å². The second-order valence-electron chi connectivity index (χ2n) is 3.42. The molecule has 0 saturated carbocycles. The minimum absolute atomic E-state index is 0.738. The molecule has 13 heavy (non-hydrogen) atoms. The lowest BCUT2D eigenvalue weighted by Crippen LogP contribution is -2.34. The van der Waals surface area contributed by atoms with Gasteiger partial charge in [-0.1, -0.05) is 6.07 Å². The van der Waals surface area contributed by atoms with E-state index in [1.54, 1.807) is 0 Å². The predicted molar refractivity (Wildman–Crippen MR) is 52.3 cm³/mol. The number of rotatable bonds is 2. The van der Waals surface area contributed by atoms with Gasteiger partial charge in [0.2, 0.25) is 0 Å². The summed E-state index contributed by atoms with van der Waals surface area (Å²) in [5.41, 5.74) is 8.14. The smallest absolute Gasteiger partial charge is 0.0576 e. The summed E-state index contributed by atoms with van der Waals surface area (Å²) in [6.07, 6.45) is 2.98. The Morgan fingerprint density at radius 3 is 3.31 bits per heavy atom. The molecule has 0 spiro atoms. The average molecular weight is 177 g/mol.